The van der Waals surface area contributed by atoms with Crippen LogP contribution in [-0.4, -0.2) is 62.7 Å². The van der Waals surface area contributed by atoms with Crippen LogP contribution in [0.3, 0.4) is 0 Å². The molecule has 1 rings (SSSR count). The molecule has 0 aliphatic carbocycles. The van der Waals surface area contributed by atoms with Gasteiger partial charge in [-0.1, -0.05) is 20.8 Å². The summed E-state index contributed by atoms with van der Waals surface area (Å²) in [4.78, 5) is 31.6. The molecule has 0 saturated carbocycles. The highest BCUT2D eigenvalue weighted by Gasteiger charge is 2.59. The number of carboxylic acid groups (broad SMARTS) is 2. The molecular formula is C15H30N4O5. The van der Waals surface area contributed by atoms with Crippen molar-refractivity contribution in [2.45, 2.75) is 65.4 Å². The zero-order chi connectivity index (χ0) is 18.9. The van der Waals surface area contributed by atoms with E-state index in [2.05, 4.69) is 5.32 Å². The molecule has 1 saturated heterocycles. The van der Waals surface area contributed by atoms with Crippen molar-refractivity contribution in [1.82, 2.24) is 15.1 Å². The summed E-state index contributed by atoms with van der Waals surface area (Å²) in [5, 5.41) is 21.9. The van der Waals surface area contributed by atoms with Crippen LogP contribution in [0.4, 0.5) is 9.59 Å². The number of amides is 2. The first-order valence-corrected chi connectivity index (χ1v) is 7.92. The first-order valence-electron chi connectivity index (χ1n) is 7.92. The fourth-order valence-electron chi connectivity index (χ4n) is 3.47. The van der Waals surface area contributed by atoms with Crippen LogP contribution in [-0.2, 0) is 4.84 Å². The van der Waals surface area contributed by atoms with Gasteiger partial charge >= 0.3 is 12.2 Å². The fraction of sp³-hybridized carbons (Fsp3) is 0.867. The third-order valence-electron chi connectivity index (χ3n) is 4.31. The van der Waals surface area contributed by atoms with Crippen LogP contribution in [0.1, 0.15) is 48.0 Å². The Hall–Kier alpha value is -1.58. The molecule has 9 nitrogen and oxygen atoms in total. The van der Waals surface area contributed by atoms with E-state index < -0.39 is 28.9 Å². The summed E-state index contributed by atoms with van der Waals surface area (Å²) in [5.41, 5.74) is -1.61. The van der Waals surface area contributed by atoms with Crippen molar-refractivity contribution in [2.75, 3.05) is 13.1 Å². The summed E-state index contributed by atoms with van der Waals surface area (Å²) in [5.74, 6) is 3.80. The molecule has 0 spiro atoms. The maximum absolute atomic E-state index is 12.1. The Labute approximate surface area is 142 Å². The number of hydrogen-bond acceptors (Lipinski definition) is 5. The quantitative estimate of drug-likeness (QED) is 0.450. The minimum Gasteiger partial charge on any atom is -0.465 e. The van der Waals surface area contributed by atoms with Gasteiger partial charge in [-0.05, 0) is 27.2 Å². The van der Waals surface area contributed by atoms with Gasteiger partial charge in [-0.15, -0.1) is 0 Å². The van der Waals surface area contributed by atoms with Crippen LogP contribution in [0, 0.1) is 5.41 Å². The molecule has 2 atom stereocenters. The number of nitrogens with one attached hydrogen (secondary N) is 1. The Bertz CT molecular complexity index is 485. The Kier molecular flexibility index (Phi) is 5.74. The maximum Gasteiger partial charge on any atom is 0.410 e. The van der Waals surface area contributed by atoms with Crippen LogP contribution in [0.25, 0.3) is 0 Å². The summed E-state index contributed by atoms with van der Waals surface area (Å²) in [7, 11) is 0. The Morgan fingerprint density at radius 1 is 1.21 bits per heavy atom. The van der Waals surface area contributed by atoms with Crippen molar-refractivity contribution in [3.63, 3.8) is 0 Å². The van der Waals surface area contributed by atoms with E-state index in [1.165, 1.54) is 4.90 Å². The summed E-state index contributed by atoms with van der Waals surface area (Å²) >= 11 is 0. The summed E-state index contributed by atoms with van der Waals surface area (Å²) in [6, 6.07) is 0. The number of nitrogens with two attached hydrogens (primary N) is 1. The standard InChI is InChI=1S/C15H30N4O5/c1-13(2,3)15(17-11(20)21,18-8-7-10(9-18)24-16)19(12(22)23)14(4,5)6/h10,17H,7-9,16H2,1-6H3,(H,20,21)(H,22,23)/t10-,15?/m0/s1. The van der Waals surface area contributed by atoms with Crippen LogP contribution < -0.4 is 11.2 Å². The van der Waals surface area contributed by atoms with Gasteiger partial charge in [0.2, 0.25) is 0 Å². The van der Waals surface area contributed by atoms with E-state index in [1.54, 1.807) is 46.4 Å². The second kappa shape index (κ2) is 6.73. The van der Waals surface area contributed by atoms with Crippen molar-refractivity contribution >= 4 is 12.2 Å². The predicted octanol–water partition coefficient (Wildman–Crippen LogP) is 1.70. The van der Waals surface area contributed by atoms with E-state index in [0.717, 1.165) is 0 Å². The molecule has 1 aliphatic rings. The van der Waals surface area contributed by atoms with Gasteiger partial charge in [0.15, 0.2) is 5.79 Å². The normalized spacial score (nSPS) is 22.0. The van der Waals surface area contributed by atoms with E-state index in [-0.39, 0.29) is 6.10 Å². The zero-order valence-corrected chi connectivity index (χ0v) is 15.3. The van der Waals surface area contributed by atoms with Gasteiger partial charge in [0.25, 0.3) is 0 Å². The lowest BCUT2D eigenvalue weighted by Crippen LogP contribution is -2.79. The van der Waals surface area contributed by atoms with Gasteiger partial charge in [-0.25, -0.2) is 15.5 Å². The average molecular weight is 346 g/mol. The molecule has 0 aromatic heterocycles. The van der Waals surface area contributed by atoms with E-state index in [9.17, 15) is 19.8 Å². The second-order valence-electron chi connectivity index (χ2n) is 8.13. The number of carbonyl (C=O) groups is 2. The third-order valence-corrected chi connectivity index (χ3v) is 4.31. The average Bonchev–Trinajstić information content (AvgIpc) is 2.82. The van der Waals surface area contributed by atoms with Crippen molar-refractivity contribution in [2.24, 2.45) is 11.3 Å². The zero-order valence-electron chi connectivity index (χ0n) is 15.3. The smallest absolute Gasteiger partial charge is 0.410 e. The molecule has 1 heterocycles. The monoisotopic (exact) mass is 346 g/mol. The molecule has 0 radical (unpaired) electrons. The molecule has 1 fully saturated rings. The lowest BCUT2D eigenvalue weighted by molar-refractivity contribution is -0.157. The van der Waals surface area contributed by atoms with E-state index in [1.807, 2.05) is 0 Å². The minimum atomic E-state index is -1.48. The Morgan fingerprint density at radius 2 is 1.75 bits per heavy atom. The molecule has 1 aliphatic heterocycles. The van der Waals surface area contributed by atoms with E-state index in [4.69, 9.17) is 10.7 Å². The lowest BCUT2D eigenvalue weighted by Gasteiger charge is -2.58. The molecular weight excluding hydrogens is 316 g/mol. The van der Waals surface area contributed by atoms with Gasteiger partial charge in [0.05, 0.1) is 6.10 Å². The van der Waals surface area contributed by atoms with Crippen molar-refractivity contribution in [3.8, 4) is 0 Å². The molecule has 1 unspecified atom stereocenters. The van der Waals surface area contributed by atoms with Crippen LogP contribution in [0.15, 0.2) is 0 Å². The van der Waals surface area contributed by atoms with Gasteiger partial charge < -0.3 is 10.2 Å². The minimum absolute atomic E-state index is 0.280. The van der Waals surface area contributed by atoms with E-state index in [0.29, 0.717) is 19.5 Å². The largest absolute Gasteiger partial charge is 0.465 e. The first kappa shape index (κ1) is 20.5. The van der Waals surface area contributed by atoms with Gasteiger partial charge in [-0.2, -0.15) is 0 Å². The number of rotatable bonds is 4. The molecule has 24 heavy (non-hydrogen) atoms. The Balaban J connectivity index is 3.58. The summed E-state index contributed by atoms with van der Waals surface area (Å²) in [6.07, 6.45) is -2.19. The molecule has 5 N–H and O–H groups in total. The van der Waals surface area contributed by atoms with Crippen LogP contribution in [0.5, 0.6) is 0 Å². The molecule has 0 aromatic carbocycles. The molecule has 0 aromatic rings. The molecule has 0 bridgehead atoms. The van der Waals surface area contributed by atoms with Gasteiger partial charge in [0.1, 0.15) is 0 Å². The highest BCUT2D eigenvalue weighted by molar-refractivity contribution is 5.71. The van der Waals surface area contributed by atoms with Crippen LogP contribution in [0.2, 0.25) is 0 Å². The molecule has 9 heteroatoms. The fourth-order valence-corrected chi connectivity index (χ4v) is 3.47. The Morgan fingerprint density at radius 3 is 2.04 bits per heavy atom. The third kappa shape index (κ3) is 3.73. The molecule has 2 amide bonds. The lowest BCUT2D eigenvalue weighted by atomic mass is 9.82. The summed E-state index contributed by atoms with van der Waals surface area (Å²) in [6.45, 7) is 11.4. The maximum atomic E-state index is 12.1. The van der Waals surface area contributed by atoms with Gasteiger partial charge in [0, 0.05) is 24.0 Å². The van der Waals surface area contributed by atoms with Crippen LogP contribution >= 0.6 is 0 Å². The SMILES string of the molecule is CC(C)(C)N(C(=O)O)C(NC(=O)O)(N1CC[C@H](ON)C1)C(C)(C)C. The van der Waals surface area contributed by atoms with Crippen molar-refractivity contribution in [3.05, 3.63) is 0 Å². The highest BCUT2D eigenvalue weighted by atomic mass is 16.6. The second-order valence-corrected chi connectivity index (χ2v) is 8.13. The van der Waals surface area contributed by atoms with Crippen molar-refractivity contribution < 1.29 is 24.6 Å². The number of likely N-dealkylation sites (tertiary alicyclic amines) is 1. The number of hydrogen-bond donors (Lipinski definition) is 4. The number of nitrogens with zero attached hydrogens (tertiary/aromatic N) is 2. The van der Waals surface area contributed by atoms with Crippen molar-refractivity contribution in [1.29, 1.82) is 0 Å². The summed E-state index contributed by atoms with van der Waals surface area (Å²) < 4.78 is 0. The topological polar surface area (TPSA) is 128 Å². The molecule has 140 valence electrons. The van der Waals surface area contributed by atoms with E-state index >= 15 is 0 Å². The van der Waals surface area contributed by atoms with Gasteiger partial charge in [-0.3, -0.25) is 20.0 Å². The predicted molar refractivity (Wildman–Crippen MR) is 88.2 cm³/mol. The first-order chi connectivity index (χ1) is 10.8. The highest BCUT2D eigenvalue weighted by Crippen LogP contribution is 2.42.